The summed E-state index contributed by atoms with van der Waals surface area (Å²) in [5.74, 6) is 0. The van der Waals surface area contributed by atoms with E-state index in [1.54, 1.807) is 0 Å². The molecule has 0 aromatic heterocycles. The summed E-state index contributed by atoms with van der Waals surface area (Å²) < 4.78 is 0. The number of likely N-dealkylation sites (N-methyl/N-ethyl adjacent to an activating group) is 1. The van der Waals surface area contributed by atoms with E-state index in [1.165, 1.54) is 12.8 Å². The van der Waals surface area contributed by atoms with Gasteiger partial charge in [0.1, 0.15) is 5.54 Å². The zero-order valence-electron chi connectivity index (χ0n) is 12.8. The number of hydrogen-bond donors (Lipinski definition) is 1. The number of nitriles is 1. The molecule has 1 aliphatic rings. The molecule has 1 atom stereocenters. The Bertz CT molecular complexity index is 475. The molecule has 0 aliphatic carbocycles. The predicted octanol–water partition coefficient (Wildman–Crippen LogP) is 2.75. The lowest BCUT2D eigenvalue weighted by Gasteiger charge is -2.41. The first-order valence-electron chi connectivity index (χ1n) is 7.39. The van der Waals surface area contributed by atoms with E-state index in [4.69, 9.17) is 0 Å². The summed E-state index contributed by atoms with van der Waals surface area (Å²) >= 11 is 0. The van der Waals surface area contributed by atoms with Crippen LogP contribution < -0.4 is 5.32 Å². The van der Waals surface area contributed by atoms with Gasteiger partial charge in [0.25, 0.3) is 0 Å². The van der Waals surface area contributed by atoms with Gasteiger partial charge in [0.05, 0.1) is 6.07 Å². The Kier molecular flexibility index (Phi) is 4.47. The molecule has 0 radical (unpaired) electrons. The van der Waals surface area contributed by atoms with E-state index in [0.717, 1.165) is 25.2 Å². The summed E-state index contributed by atoms with van der Waals surface area (Å²) in [6, 6.07) is 12.6. The Morgan fingerprint density at radius 1 is 1.35 bits per heavy atom. The summed E-state index contributed by atoms with van der Waals surface area (Å²) in [7, 11) is 1.88. The van der Waals surface area contributed by atoms with Crippen molar-refractivity contribution in [2.45, 2.75) is 32.2 Å². The van der Waals surface area contributed by atoms with E-state index in [9.17, 15) is 5.26 Å². The van der Waals surface area contributed by atoms with Gasteiger partial charge in [0.2, 0.25) is 0 Å². The average molecular weight is 271 g/mol. The van der Waals surface area contributed by atoms with Gasteiger partial charge in [-0.2, -0.15) is 5.26 Å². The van der Waals surface area contributed by atoms with E-state index < -0.39 is 5.54 Å². The molecule has 108 valence electrons. The third-order valence-electron chi connectivity index (χ3n) is 4.32. The number of hydrogen-bond acceptors (Lipinski definition) is 3. The number of piperidine rings is 1. The van der Waals surface area contributed by atoms with Gasteiger partial charge in [-0.15, -0.1) is 0 Å². The van der Waals surface area contributed by atoms with Crippen LogP contribution in [0.1, 0.15) is 32.3 Å². The maximum Gasteiger partial charge on any atom is 0.144 e. The normalized spacial score (nSPS) is 21.9. The first kappa shape index (κ1) is 15.0. The zero-order valence-corrected chi connectivity index (χ0v) is 12.8. The van der Waals surface area contributed by atoms with E-state index in [-0.39, 0.29) is 0 Å². The molecule has 1 aromatic rings. The summed E-state index contributed by atoms with van der Waals surface area (Å²) in [4.78, 5) is 2.43. The fourth-order valence-corrected chi connectivity index (χ4v) is 3.21. The maximum atomic E-state index is 9.75. The van der Waals surface area contributed by atoms with Crippen LogP contribution in [0.5, 0.6) is 0 Å². The Labute approximate surface area is 122 Å². The van der Waals surface area contributed by atoms with Gasteiger partial charge in [-0.25, -0.2) is 0 Å². The van der Waals surface area contributed by atoms with Crippen LogP contribution in [-0.4, -0.2) is 31.6 Å². The minimum Gasteiger partial charge on any atom is -0.300 e. The molecule has 1 aliphatic heterocycles. The summed E-state index contributed by atoms with van der Waals surface area (Å²) in [6.07, 6.45) is 2.49. The first-order valence-corrected chi connectivity index (χ1v) is 7.39. The number of nitrogens with one attached hydrogen (secondary N) is 1. The van der Waals surface area contributed by atoms with Crippen LogP contribution in [0.3, 0.4) is 0 Å². The molecular weight excluding hydrogens is 246 g/mol. The lowest BCUT2D eigenvalue weighted by molar-refractivity contribution is 0.0975. The molecular formula is C17H25N3. The third kappa shape index (κ3) is 3.20. The Hall–Kier alpha value is -1.37. The van der Waals surface area contributed by atoms with E-state index in [1.807, 2.05) is 37.4 Å². The van der Waals surface area contributed by atoms with Crippen LogP contribution in [0.25, 0.3) is 0 Å². The molecule has 1 heterocycles. The van der Waals surface area contributed by atoms with Crippen LogP contribution in [0.2, 0.25) is 0 Å². The molecule has 1 fully saturated rings. The first-order chi connectivity index (χ1) is 9.51. The topological polar surface area (TPSA) is 39.1 Å². The maximum absolute atomic E-state index is 9.75. The molecule has 3 heteroatoms. The molecule has 0 amide bonds. The second kappa shape index (κ2) is 5.95. The van der Waals surface area contributed by atoms with E-state index >= 15 is 0 Å². The van der Waals surface area contributed by atoms with Crippen molar-refractivity contribution in [3.63, 3.8) is 0 Å². The smallest absolute Gasteiger partial charge is 0.144 e. The van der Waals surface area contributed by atoms with Gasteiger partial charge < -0.3 is 0 Å². The highest BCUT2D eigenvalue weighted by molar-refractivity contribution is 5.32. The highest BCUT2D eigenvalue weighted by Gasteiger charge is 2.36. The fraction of sp³-hybridized carbons (Fsp3) is 0.588. The van der Waals surface area contributed by atoms with Gasteiger partial charge >= 0.3 is 0 Å². The van der Waals surface area contributed by atoms with Gasteiger partial charge in [0.15, 0.2) is 0 Å². The Balaban J connectivity index is 2.20. The highest BCUT2D eigenvalue weighted by atomic mass is 15.2. The highest BCUT2D eigenvalue weighted by Crippen LogP contribution is 2.31. The van der Waals surface area contributed by atoms with E-state index in [2.05, 4.69) is 30.1 Å². The summed E-state index contributed by atoms with van der Waals surface area (Å²) in [5, 5.41) is 13.0. The van der Waals surface area contributed by atoms with Crippen LogP contribution in [0.4, 0.5) is 0 Å². The number of likely N-dealkylation sites (tertiary alicyclic amines) is 1. The SMILES string of the molecule is CNC(C#N)(CN1CCCC(C)(C)C1)c1ccccc1. The number of rotatable bonds is 4. The van der Waals surface area contributed by atoms with Crippen LogP contribution in [-0.2, 0) is 5.54 Å². The lowest BCUT2D eigenvalue weighted by Crippen LogP contribution is -2.52. The lowest BCUT2D eigenvalue weighted by atomic mass is 9.82. The van der Waals surface area contributed by atoms with Crippen molar-refractivity contribution in [1.29, 1.82) is 5.26 Å². The van der Waals surface area contributed by atoms with Gasteiger partial charge in [-0.05, 0) is 37.4 Å². The fourth-order valence-electron chi connectivity index (χ4n) is 3.21. The van der Waals surface area contributed by atoms with Crippen molar-refractivity contribution in [1.82, 2.24) is 10.2 Å². The standard InChI is InChI=1S/C17H25N3/c1-16(2)10-7-11-20(13-16)14-17(12-18,19-3)15-8-5-4-6-9-15/h4-6,8-9,19H,7,10-11,13-14H2,1-3H3. The molecule has 1 saturated heterocycles. The van der Waals surface area contributed by atoms with Crippen LogP contribution in [0.15, 0.2) is 30.3 Å². The zero-order chi connectivity index (χ0) is 14.6. The quantitative estimate of drug-likeness (QED) is 0.915. The Morgan fingerprint density at radius 2 is 2.05 bits per heavy atom. The largest absolute Gasteiger partial charge is 0.300 e. The average Bonchev–Trinajstić information content (AvgIpc) is 2.45. The van der Waals surface area contributed by atoms with Crippen molar-refractivity contribution in [2.75, 3.05) is 26.7 Å². The van der Waals surface area contributed by atoms with Crippen molar-refractivity contribution >= 4 is 0 Å². The van der Waals surface area contributed by atoms with Gasteiger partial charge in [-0.3, -0.25) is 10.2 Å². The minimum atomic E-state index is -0.616. The Morgan fingerprint density at radius 3 is 2.60 bits per heavy atom. The van der Waals surface area contributed by atoms with Crippen LogP contribution in [0, 0.1) is 16.7 Å². The predicted molar refractivity (Wildman–Crippen MR) is 82.2 cm³/mol. The summed E-state index contributed by atoms with van der Waals surface area (Å²) in [6.45, 7) is 7.52. The molecule has 0 saturated carbocycles. The van der Waals surface area contributed by atoms with Crippen molar-refractivity contribution < 1.29 is 0 Å². The van der Waals surface area contributed by atoms with Crippen molar-refractivity contribution in [3.05, 3.63) is 35.9 Å². The monoisotopic (exact) mass is 271 g/mol. The van der Waals surface area contributed by atoms with Crippen LogP contribution >= 0.6 is 0 Å². The molecule has 2 rings (SSSR count). The number of nitrogens with zero attached hydrogens (tertiary/aromatic N) is 2. The molecule has 0 spiro atoms. The molecule has 3 nitrogen and oxygen atoms in total. The molecule has 0 bridgehead atoms. The van der Waals surface area contributed by atoms with Gasteiger partial charge in [0, 0.05) is 13.1 Å². The molecule has 1 unspecified atom stereocenters. The number of benzene rings is 1. The second-order valence-corrected chi connectivity index (χ2v) is 6.61. The van der Waals surface area contributed by atoms with Gasteiger partial charge in [-0.1, -0.05) is 44.2 Å². The molecule has 1 aromatic carbocycles. The molecule has 1 N–H and O–H groups in total. The minimum absolute atomic E-state index is 0.351. The third-order valence-corrected chi connectivity index (χ3v) is 4.32. The molecule has 20 heavy (non-hydrogen) atoms. The second-order valence-electron chi connectivity index (χ2n) is 6.61. The van der Waals surface area contributed by atoms with Crippen molar-refractivity contribution in [3.8, 4) is 6.07 Å². The van der Waals surface area contributed by atoms with Crippen molar-refractivity contribution in [2.24, 2.45) is 5.41 Å². The van der Waals surface area contributed by atoms with E-state index in [0.29, 0.717) is 5.41 Å². The summed E-state index contributed by atoms with van der Waals surface area (Å²) in [5.41, 5.74) is 0.784.